The number of hydrogen-bond donors (Lipinski definition) is 1. The lowest BCUT2D eigenvalue weighted by Gasteiger charge is -2.04. The number of methoxy groups -OCH3 is 1. The summed E-state index contributed by atoms with van der Waals surface area (Å²) >= 11 is 10.3. The van der Waals surface area contributed by atoms with E-state index in [0.717, 1.165) is 20.7 Å². The second-order valence-electron chi connectivity index (χ2n) is 4.27. The van der Waals surface area contributed by atoms with Crippen LogP contribution in [0.25, 0.3) is 10.7 Å². The van der Waals surface area contributed by atoms with Crippen LogP contribution in [0.3, 0.4) is 0 Å². The molecule has 0 bridgehead atoms. The van der Waals surface area contributed by atoms with Gasteiger partial charge in [0.2, 0.25) is 4.77 Å². The van der Waals surface area contributed by atoms with Crippen LogP contribution in [-0.2, 0) is 0 Å². The standard InChI is InChI=1S/C14H11BrN4OS2/c1-20-11-5-4-10(15)7-9(11)8-16-19-13(17-18-14(19)21)12-3-2-6-22-12/h2-8H,1H3,(H,18,21)/b16-8-. The highest BCUT2D eigenvalue weighted by Crippen LogP contribution is 2.24. The van der Waals surface area contributed by atoms with Gasteiger partial charge in [0.1, 0.15) is 5.75 Å². The number of ether oxygens (including phenoxy) is 1. The Labute approximate surface area is 144 Å². The highest BCUT2D eigenvalue weighted by atomic mass is 79.9. The molecule has 112 valence electrons. The van der Waals surface area contributed by atoms with Gasteiger partial charge in [-0.1, -0.05) is 22.0 Å². The molecule has 0 unspecified atom stereocenters. The predicted molar refractivity (Wildman–Crippen MR) is 94.4 cm³/mol. The first-order valence-electron chi connectivity index (χ1n) is 6.28. The molecule has 2 heterocycles. The van der Waals surface area contributed by atoms with Crippen LogP contribution in [0, 0.1) is 4.77 Å². The number of aromatic nitrogens is 3. The Morgan fingerprint density at radius 2 is 2.32 bits per heavy atom. The van der Waals surface area contributed by atoms with Crippen molar-refractivity contribution in [2.45, 2.75) is 0 Å². The van der Waals surface area contributed by atoms with Gasteiger partial charge in [-0.3, -0.25) is 0 Å². The first-order valence-corrected chi connectivity index (χ1v) is 8.36. The molecule has 1 aromatic carbocycles. The van der Waals surface area contributed by atoms with Crippen molar-refractivity contribution in [2.24, 2.45) is 5.10 Å². The van der Waals surface area contributed by atoms with E-state index in [2.05, 4.69) is 31.2 Å². The van der Waals surface area contributed by atoms with E-state index in [1.54, 1.807) is 29.3 Å². The molecule has 5 nitrogen and oxygen atoms in total. The molecule has 22 heavy (non-hydrogen) atoms. The van der Waals surface area contributed by atoms with Crippen molar-refractivity contribution in [3.63, 3.8) is 0 Å². The lowest BCUT2D eigenvalue weighted by Crippen LogP contribution is -1.96. The summed E-state index contributed by atoms with van der Waals surface area (Å²) in [5, 5.41) is 13.4. The normalized spacial score (nSPS) is 11.2. The van der Waals surface area contributed by atoms with E-state index >= 15 is 0 Å². The Hall–Kier alpha value is -1.77. The molecule has 0 amide bonds. The summed E-state index contributed by atoms with van der Waals surface area (Å²) in [4.78, 5) is 0.991. The van der Waals surface area contributed by atoms with Gasteiger partial charge in [-0.25, -0.2) is 5.10 Å². The molecular formula is C14H11BrN4OS2. The molecule has 0 aliphatic rings. The number of H-pyrrole nitrogens is 1. The fourth-order valence-corrected chi connectivity index (χ4v) is 3.15. The molecule has 0 spiro atoms. The SMILES string of the molecule is COc1ccc(Br)cc1/C=N\n1c(-c2cccs2)n[nH]c1=S. The first-order chi connectivity index (χ1) is 10.7. The van der Waals surface area contributed by atoms with E-state index in [-0.39, 0.29) is 0 Å². The Bertz CT molecular complexity index is 867. The number of aromatic amines is 1. The van der Waals surface area contributed by atoms with Crippen molar-refractivity contribution in [3.05, 3.63) is 50.5 Å². The van der Waals surface area contributed by atoms with Gasteiger partial charge in [0.05, 0.1) is 18.2 Å². The van der Waals surface area contributed by atoms with Crippen LogP contribution in [0.15, 0.2) is 45.3 Å². The third-order valence-corrected chi connectivity index (χ3v) is 4.52. The Kier molecular flexibility index (Phi) is 4.51. The molecular weight excluding hydrogens is 384 g/mol. The van der Waals surface area contributed by atoms with Gasteiger partial charge >= 0.3 is 0 Å². The number of halogens is 1. The first kappa shape index (κ1) is 15.1. The molecule has 1 N–H and O–H groups in total. The van der Waals surface area contributed by atoms with Gasteiger partial charge in [0.15, 0.2) is 5.82 Å². The number of nitrogens with one attached hydrogen (secondary N) is 1. The largest absolute Gasteiger partial charge is 0.496 e. The fraction of sp³-hybridized carbons (Fsp3) is 0.0714. The van der Waals surface area contributed by atoms with Crippen molar-refractivity contribution in [1.29, 1.82) is 0 Å². The van der Waals surface area contributed by atoms with Crippen LogP contribution in [-0.4, -0.2) is 28.2 Å². The van der Waals surface area contributed by atoms with Gasteiger partial charge in [-0.15, -0.1) is 11.3 Å². The fourth-order valence-electron chi connectivity index (χ4n) is 1.89. The molecule has 2 aromatic heterocycles. The average Bonchev–Trinajstić information content (AvgIpc) is 3.15. The molecule has 3 rings (SSSR count). The highest BCUT2D eigenvalue weighted by molar-refractivity contribution is 9.10. The smallest absolute Gasteiger partial charge is 0.216 e. The van der Waals surface area contributed by atoms with Gasteiger partial charge in [-0.05, 0) is 41.9 Å². The Morgan fingerprint density at radius 3 is 3.05 bits per heavy atom. The minimum Gasteiger partial charge on any atom is -0.496 e. The van der Waals surface area contributed by atoms with E-state index in [9.17, 15) is 0 Å². The van der Waals surface area contributed by atoms with Crippen LogP contribution in [0.4, 0.5) is 0 Å². The summed E-state index contributed by atoms with van der Waals surface area (Å²) in [5.74, 6) is 1.42. The van der Waals surface area contributed by atoms with Crippen LogP contribution < -0.4 is 4.74 Å². The minimum absolute atomic E-state index is 0.439. The lowest BCUT2D eigenvalue weighted by molar-refractivity contribution is 0.414. The van der Waals surface area contributed by atoms with Gasteiger partial charge in [-0.2, -0.15) is 14.9 Å². The number of hydrogen-bond acceptors (Lipinski definition) is 5. The van der Waals surface area contributed by atoms with Gasteiger partial charge in [0.25, 0.3) is 0 Å². The monoisotopic (exact) mass is 394 g/mol. The van der Waals surface area contributed by atoms with E-state index in [4.69, 9.17) is 17.0 Å². The van der Waals surface area contributed by atoms with Crippen LogP contribution >= 0.6 is 39.5 Å². The molecule has 3 aromatic rings. The number of benzene rings is 1. The van der Waals surface area contributed by atoms with Crippen LogP contribution in [0.2, 0.25) is 0 Å². The molecule has 0 radical (unpaired) electrons. The number of thiophene rings is 1. The summed E-state index contributed by atoms with van der Waals surface area (Å²) in [7, 11) is 1.63. The highest BCUT2D eigenvalue weighted by Gasteiger charge is 2.09. The number of nitrogens with zero attached hydrogens (tertiary/aromatic N) is 3. The topological polar surface area (TPSA) is 55.2 Å². The molecule has 0 saturated carbocycles. The summed E-state index contributed by atoms with van der Waals surface area (Å²) < 4.78 is 8.32. The maximum Gasteiger partial charge on any atom is 0.216 e. The predicted octanol–water partition coefficient (Wildman–Crippen LogP) is 4.32. The van der Waals surface area contributed by atoms with E-state index in [0.29, 0.717) is 10.6 Å². The van der Waals surface area contributed by atoms with Crippen molar-refractivity contribution in [2.75, 3.05) is 7.11 Å². The maximum absolute atomic E-state index is 5.33. The minimum atomic E-state index is 0.439. The molecule has 0 aliphatic carbocycles. The van der Waals surface area contributed by atoms with E-state index in [1.165, 1.54) is 0 Å². The van der Waals surface area contributed by atoms with E-state index in [1.807, 2.05) is 35.7 Å². The molecule has 0 atom stereocenters. The zero-order chi connectivity index (χ0) is 15.5. The van der Waals surface area contributed by atoms with E-state index < -0.39 is 0 Å². The van der Waals surface area contributed by atoms with Crippen molar-refractivity contribution in [1.82, 2.24) is 14.9 Å². The Balaban J connectivity index is 2.02. The van der Waals surface area contributed by atoms with Crippen molar-refractivity contribution in [3.8, 4) is 16.5 Å². The third kappa shape index (κ3) is 3.03. The summed E-state index contributed by atoms with van der Waals surface area (Å²) in [6, 6.07) is 9.65. The quantitative estimate of drug-likeness (QED) is 0.529. The molecule has 0 fully saturated rings. The Morgan fingerprint density at radius 1 is 1.45 bits per heavy atom. The average molecular weight is 395 g/mol. The maximum atomic E-state index is 5.33. The summed E-state index contributed by atoms with van der Waals surface area (Å²) in [5.41, 5.74) is 0.845. The third-order valence-electron chi connectivity index (χ3n) is 2.90. The van der Waals surface area contributed by atoms with Gasteiger partial charge in [0, 0.05) is 10.0 Å². The van der Waals surface area contributed by atoms with Crippen LogP contribution in [0.1, 0.15) is 5.56 Å². The lowest BCUT2D eigenvalue weighted by atomic mass is 10.2. The van der Waals surface area contributed by atoms with Crippen molar-refractivity contribution < 1.29 is 4.74 Å². The van der Waals surface area contributed by atoms with Gasteiger partial charge < -0.3 is 4.74 Å². The zero-order valence-electron chi connectivity index (χ0n) is 11.5. The summed E-state index contributed by atoms with van der Waals surface area (Å²) in [6.45, 7) is 0. The molecule has 8 heteroatoms. The number of rotatable bonds is 4. The van der Waals surface area contributed by atoms with Crippen LogP contribution in [0.5, 0.6) is 5.75 Å². The summed E-state index contributed by atoms with van der Waals surface area (Å²) in [6.07, 6.45) is 1.70. The second kappa shape index (κ2) is 6.55. The molecule has 0 saturated heterocycles. The second-order valence-corrected chi connectivity index (χ2v) is 6.52. The molecule has 0 aliphatic heterocycles. The van der Waals surface area contributed by atoms with Crippen molar-refractivity contribution >= 4 is 45.7 Å². The zero-order valence-corrected chi connectivity index (χ0v) is 14.7.